The van der Waals surface area contributed by atoms with E-state index in [2.05, 4.69) is 60.8 Å². The van der Waals surface area contributed by atoms with Gasteiger partial charge in [0.05, 0.1) is 11.6 Å². The lowest BCUT2D eigenvalue weighted by Crippen LogP contribution is -2.82. The molecule has 2 N–H and O–H groups in total. The molecule has 0 unspecified atom stereocenters. The topological polar surface area (TPSA) is 16.6 Å². The summed E-state index contributed by atoms with van der Waals surface area (Å²) in [7, 11) is 0. The molecule has 0 saturated carbocycles. The number of rotatable bonds is 4. The third kappa shape index (κ3) is 2.28. The highest BCUT2D eigenvalue weighted by atomic mass is 35.5. The summed E-state index contributed by atoms with van der Waals surface area (Å²) in [6, 6.07) is 16.9. The molecule has 3 aromatic rings. The molecule has 0 fully saturated rings. The van der Waals surface area contributed by atoms with Crippen molar-refractivity contribution in [2.75, 3.05) is 6.54 Å². The molecule has 0 aliphatic rings. The Hall–Kier alpha value is -1.57. The van der Waals surface area contributed by atoms with Crippen molar-refractivity contribution in [1.82, 2.24) is 0 Å². The van der Waals surface area contributed by atoms with Crippen molar-refractivity contribution in [2.45, 2.75) is 19.9 Å². The Morgan fingerprint density at radius 2 is 1.35 bits per heavy atom. The minimum atomic E-state index is 0.871. The van der Waals surface area contributed by atoms with Crippen LogP contribution in [0.15, 0.2) is 48.5 Å². The van der Waals surface area contributed by atoms with Gasteiger partial charge in [-0.3, -0.25) is 0 Å². The molecular formula is C18H19ClN+. The van der Waals surface area contributed by atoms with Gasteiger partial charge in [-0.2, -0.15) is 0 Å². The van der Waals surface area contributed by atoms with Crippen LogP contribution in [-0.4, -0.2) is 6.54 Å². The third-order valence-corrected chi connectivity index (χ3v) is 4.23. The lowest BCUT2D eigenvalue weighted by atomic mass is 9.96. The SMILES string of the molecule is CCC[NH2+]Cc1c2ccccc2c(Cl)c2ccccc12. The van der Waals surface area contributed by atoms with Crippen molar-refractivity contribution in [2.24, 2.45) is 0 Å². The number of nitrogens with two attached hydrogens (primary N) is 1. The lowest BCUT2D eigenvalue weighted by Gasteiger charge is -2.12. The second-order valence-electron chi connectivity index (χ2n) is 5.17. The molecule has 0 radical (unpaired) electrons. The summed E-state index contributed by atoms with van der Waals surface area (Å²) in [5.74, 6) is 0. The molecule has 3 aromatic carbocycles. The van der Waals surface area contributed by atoms with E-state index >= 15 is 0 Å². The van der Waals surface area contributed by atoms with Crippen molar-refractivity contribution in [3.8, 4) is 0 Å². The maximum absolute atomic E-state index is 6.60. The number of hydrogen-bond acceptors (Lipinski definition) is 0. The molecule has 1 nitrogen and oxygen atoms in total. The number of fused-ring (bicyclic) bond motifs is 2. The number of hydrogen-bond donors (Lipinski definition) is 1. The Bertz CT molecular complexity index is 692. The Kier molecular flexibility index (Phi) is 3.90. The molecule has 20 heavy (non-hydrogen) atoms. The number of benzene rings is 3. The fraction of sp³-hybridized carbons (Fsp3) is 0.222. The molecule has 0 aliphatic carbocycles. The van der Waals surface area contributed by atoms with Crippen molar-refractivity contribution in [3.05, 3.63) is 59.1 Å². The van der Waals surface area contributed by atoms with Crippen molar-refractivity contribution >= 4 is 33.1 Å². The first-order valence-electron chi connectivity index (χ1n) is 7.22. The Labute approximate surface area is 124 Å². The van der Waals surface area contributed by atoms with Gasteiger partial charge in [-0.25, -0.2) is 0 Å². The lowest BCUT2D eigenvalue weighted by molar-refractivity contribution is -0.670. The van der Waals surface area contributed by atoms with Crippen molar-refractivity contribution < 1.29 is 5.32 Å². The molecule has 0 spiro atoms. The highest BCUT2D eigenvalue weighted by Gasteiger charge is 2.12. The van der Waals surface area contributed by atoms with E-state index in [4.69, 9.17) is 11.6 Å². The molecule has 0 atom stereocenters. The van der Waals surface area contributed by atoms with E-state index in [0.717, 1.165) is 28.9 Å². The normalized spacial score (nSPS) is 11.3. The fourth-order valence-electron chi connectivity index (χ4n) is 2.84. The Morgan fingerprint density at radius 1 is 0.850 bits per heavy atom. The molecule has 2 heteroatoms. The predicted molar refractivity (Wildman–Crippen MR) is 87.3 cm³/mol. The van der Waals surface area contributed by atoms with Gasteiger partial charge >= 0.3 is 0 Å². The molecule has 0 amide bonds. The first-order valence-corrected chi connectivity index (χ1v) is 7.60. The van der Waals surface area contributed by atoms with Gasteiger partial charge in [-0.05, 0) is 17.2 Å². The minimum Gasteiger partial charge on any atom is -0.342 e. The van der Waals surface area contributed by atoms with Gasteiger partial charge in [0.15, 0.2) is 0 Å². The fourth-order valence-corrected chi connectivity index (χ4v) is 3.17. The summed E-state index contributed by atoms with van der Waals surface area (Å²) in [5.41, 5.74) is 1.40. The Morgan fingerprint density at radius 3 is 1.85 bits per heavy atom. The van der Waals surface area contributed by atoms with E-state index in [1.807, 2.05) is 0 Å². The molecule has 0 bridgehead atoms. The monoisotopic (exact) mass is 284 g/mol. The Balaban J connectivity index is 2.28. The number of quaternary nitrogens is 1. The van der Waals surface area contributed by atoms with Crippen LogP contribution in [0.2, 0.25) is 5.02 Å². The predicted octanol–water partition coefficient (Wildman–Crippen LogP) is 4.12. The van der Waals surface area contributed by atoms with E-state index in [9.17, 15) is 0 Å². The van der Waals surface area contributed by atoms with E-state index in [1.165, 1.54) is 22.8 Å². The van der Waals surface area contributed by atoms with Gasteiger partial charge in [0.2, 0.25) is 0 Å². The second kappa shape index (κ2) is 5.82. The summed E-state index contributed by atoms with van der Waals surface area (Å²) in [5, 5.41) is 8.13. The molecule has 102 valence electrons. The highest BCUT2D eigenvalue weighted by Crippen LogP contribution is 2.35. The molecular weight excluding hydrogens is 266 g/mol. The van der Waals surface area contributed by atoms with Gasteiger partial charge in [-0.15, -0.1) is 0 Å². The summed E-state index contributed by atoms with van der Waals surface area (Å²) >= 11 is 6.60. The summed E-state index contributed by atoms with van der Waals surface area (Å²) < 4.78 is 0. The molecule has 0 aromatic heterocycles. The van der Waals surface area contributed by atoms with E-state index < -0.39 is 0 Å². The zero-order chi connectivity index (χ0) is 13.9. The minimum absolute atomic E-state index is 0.871. The zero-order valence-electron chi connectivity index (χ0n) is 11.7. The van der Waals surface area contributed by atoms with Crippen LogP contribution in [0.1, 0.15) is 18.9 Å². The largest absolute Gasteiger partial charge is 0.342 e. The van der Waals surface area contributed by atoms with Gasteiger partial charge in [0, 0.05) is 16.3 Å². The summed E-state index contributed by atoms with van der Waals surface area (Å²) in [6.07, 6.45) is 1.20. The van der Waals surface area contributed by atoms with E-state index in [1.54, 1.807) is 0 Å². The molecule has 0 aliphatic heterocycles. The van der Waals surface area contributed by atoms with Gasteiger partial charge < -0.3 is 5.32 Å². The first-order chi connectivity index (χ1) is 9.83. The van der Waals surface area contributed by atoms with Crippen LogP contribution in [0.5, 0.6) is 0 Å². The van der Waals surface area contributed by atoms with Crippen LogP contribution in [0.4, 0.5) is 0 Å². The number of halogens is 1. The van der Waals surface area contributed by atoms with Gasteiger partial charge in [-0.1, -0.05) is 67.1 Å². The van der Waals surface area contributed by atoms with Gasteiger partial charge in [0.1, 0.15) is 6.54 Å². The quantitative estimate of drug-likeness (QED) is 0.548. The molecule has 0 saturated heterocycles. The second-order valence-corrected chi connectivity index (χ2v) is 5.54. The summed E-state index contributed by atoms with van der Waals surface area (Å²) in [4.78, 5) is 0. The van der Waals surface area contributed by atoms with Crippen LogP contribution in [-0.2, 0) is 6.54 Å². The first kappa shape index (κ1) is 13.4. The van der Waals surface area contributed by atoms with Crippen molar-refractivity contribution in [3.63, 3.8) is 0 Å². The zero-order valence-corrected chi connectivity index (χ0v) is 12.5. The van der Waals surface area contributed by atoms with Crippen LogP contribution >= 0.6 is 11.6 Å². The molecule has 0 heterocycles. The maximum atomic E-state index is 6.60. The van der Waals surface area contributed by atoms with E-state index in [-0.39, 0.29) is 0 Å². The standard InChI is InChI=1S/C18H18ClN/c1-2-11-20-12-17-13-7-3-5-9-15(13)18(19)16-10-6-4-8-14(16)17/h3-10,20H,2,11-12H2,1H3/p+1. The highest BCUT2D eigenvalue weighted by molar-refractivity contribution is 6.41. The van der Waals surface area contributed by atoms with E-state index in [0.29, 0.717) is 0 Å². The third-order valence-electron chi connectivity index (χ3n) is 3.82. The van der Waals surface area contributed by atoms with Crippen molar-refractivity contribution in [1.29, 1.82) is 0 Å². The van der Waals surface area contributed by atoms with Crippen LogP contribution in [0.3, 0.4) is 0 Å². The average molecular weight is 285 g/mol. The van der Waals surface area contributed by atoms with Crippen LogP contribution < -0.4 is 5.32 Å². The van der Waals surface area contributed by atoms with Crippen LogP contribution in [0.25, 0.3) is 21.5 Å². The van der Waals surface area contributed by atoms with Gasteiger partial charge in [0.25, 0.3) is 0 Å². The average Bonchev–Trinajstić information content (AvgIpc) is 2.51. The smallest absolute Gasteiger partial charge is 0.102 e. The maximum Gasteiger partial charge on any atom is 0.102 e. The molecule has 3 rings (SSSR count). The summed E-state index contributed by atoms with van der Waals surface area (Å²) in [6.45, 7) is 4.38. The van der Waals surface area contributed by atoms with Crippen LogP contribution in [0, 0.1) is 0 Å².